The second kappa shape index (κ2) is 4.39. The second-order valence-corrected chi connectivity index (χ2v) is 4.74. The van der Waals surface area contributed by atoms with Crippen LogP contribution in [0, 0.1) is 0 Å². The average molecular weight is 212 g/mol. The fourth-order valence-electron chi connectivity index (χ4n) is 2.16. The van der Waals surface area contributed by atoms with Crippen LogP contribution in [0.5, 0.6) is 0 Å². The monoisotopic (exact) mass is 212 g/mol. The minimum atomic E-state index is 0.0849. The van der Waals surface area contributed by atoms with E-state index in [-0.39, 0.29) is 18.2 Å². The maximum Gasteiger partial charge on any atom is 0.317 e. The van der Waals surface area contributed by atoms with Gasteiger partial charge < -0.3 is 15.0 Å². The van der Waals surface area contributed by atoms with Crippen molar-refractivity contribution >= 4 is 6.03 Å². The Balaban J connectivity index is 1.82. The molecule has 0 spiro atoms. The molecule has 1 N–H and O–H groups in total. The van der Waals surface area contributed by atoms with Gasteiger partial charge in [0.15, 0.2) is 0 Å². The highest BCUT2D eigenvalue weighted by atomic mass is 16.5. The molecule has 1 saturated carbocycles. The van der Waals surface area contributed by atoms with Gasteiger partial charge in [-0.3, -0.25) is 0 Å². The summed E-state index contributed by atoms with van der Waals surface area (Å²) in [6.07, 6.45) is 3.84. The zero-order valence-corrected chi connectivity index (χ0v) is 9.53. The highest BCUT2D eigenvalue weighted by Gasteiger charge is 2.28. The molecular weight excluding hydrogens is 192 g/mol. The summed E-state index contributed by atoms with van der Waals surface area (Å²) in [5, 5.41) is 3.06. The molecule has 0 aromatic rings. The van der Waals surface area contributed by atoms with Gasteiger partial charge in [-0.25, -0.2) is 4.79 Å². The van der Waals surface area contributed by atoms with Crippen LogP contribution in [-0.2, 0) is 4.74 Å². The SMILES string of the molecule is C[C@@H]1CN(C(=O)NC2CCC2)C[C@H](C)O1. The first kappa shape index (κ1) is 10.7. The molecule has 0 aromatic heterocycles. The van der Waals surface area contributed by atoms with Crippen LogP contribution in [0.2, 0.25) is 0 Å². The predicted octanol–water partition coefficient (Wildman–Crippen LogP) is 1.36. The Bertz CT molecular complexity index is 231. The van der Waals surface area contributed by atoms with Crippen LogP contribution in [0.3, 0.4) is 0 Å². The van der Waals surface area contributed by atoms with Crippen LogP contribution in [0.15, 0.2) is 0 Å². The third-order valence-corrected chi connectivity index (χ3v) is 3.14. The third kappa shape index (κ3) is 2.62. The van der Waals surface area contributed by atoms with Crippen molar-refractivity contribution < 1.29 is 9.53 Å². The molecule has 1 aliphatic heterocycles. The summed E-state index contributed by atoms with van der Waals surface area (Å²) < 4.78 is 5.59. The first-order valence-electron chi connectivity index (χ1n) is 5.86. The molecule has 15 heavy (non-hydrogen) atoms. The zero-order valence-electron chi connectivity index (χ0n) is 9.53. The molecule has 0 bridgehead atoms. The first-order chi connectivity index (χ1) is 7.15. The maximum atomic E-state index is 11.9. The highest BCUT2D eigenvalue weighted by molar-refractivity contribution is 5.74. The van der Waals surface area contributed by atoms with Crippen molar-refractivity contribution in [1.82, 2.24) is 10.2 Å². The van der Waals surface area contributed by atoms with Gasteiger partial charge in [0.25, 0.3) is 0 Å². The summed E-state index contributed by atoms with van der Waals surface area (Å²) in [5.41, 5.74) is 0. The maximum absolute atomic E-state index is 11.9. The van der Waals surface area contributed by atoms with Crippen molar-refractivity contribution in [3.63, 3.8) is 0 Å². The fourth-order valence-corrected chi connectivity index (χ4v) is 2.16. The normalized spacial score (nSPS) is 32.3. The molecule has 2 fully saturated rings. The highest BCUT2D eigenvalue weighted by Crippen LogP contribution is 2.19. The summed E-state index contributed by atoms with van der Waals surface area (Å²) in [6, 6.07) is 0.507. The molecule has 2 amide bonds. The van der Waals surface area contributed by atoms with Crippen LogP contribution >= 0.6 is 0 Å². The molecule has 0 radical (unpaired) electrons. The largest absolute Gasteiger partial charge is 0.372 e. The Morgan fingerprint density at radius 3 is 2.33 bits per heavy atom. The Morgan fingerprint density at radius 2 is 1.87 bits per heavy atom. The van der Waals surface area contributed by atoms with Gasteiger partial charge >= 0.3 is 6.03 Å². The van der Waals surface area contributed by atoms with Gasteiger partial charge in [-0.05, 0) is 33.1 Å². The Morgan fingerprint density at radius 1 is 1.27 bits per heavy atom. The van der Waals surface area contributed by atoms with E-state index >= 15 is 0 Å². The van der Waals surface area contributed by atoms with Crippen molar-refractivity contribution in [2.24, 2.45) is 0 Å². The molecule has 1 heterocycles. The van der Waals surface area contributed by atoms with E-state index in [4.69, 9.17) is 4.74 Å². The van der Waals surface area contributed by atoms with Crippen LogP contribution in [0.1, 0.15) is 33.1 Å². The van der Waals surface area contributed by atoms with Crippen molar-refractivity contribution in [2.45, 2.75) is 51.4 Å². The van der Waals surface area contributed by atoms with Gasteiger partial charge in [-0.1, -0.05) is 0 Å². The van der Waals surface area contributed by atoms with Crippen molar-refractivity contribution in [2.75, 3.05) is 13.1 Å². The predicted molar refractivity (Wildman–Crippen MR) is 57.8 cm³/mol. The van der Waals surface area contributed by atoms with Crippen molar-refractivity contribution in [3.8, 4) is 0 Å². The van der Waals surface area contributed by atoms with E-state index < -0.39 is 0 Å². The molecule has 2 aliphatic rings. The number of carbonyl (C=O) groups excluding carboxylic acids is 1. The fraction of sp³-hybridized carbons (Fsp3) is 0.909. The summed E-state index contributed by atoms with van der Waals surface area (Å²) in [4.78, 5) is 13.7. The third-order valence-electron chi connectivity index (χ3n) is 3.14. The summed E-state index contributed by atoms with van der Waals surface area (Å²) >= 11 is 0. The van der Waals surface area contributed by atoms with E-state index in [1.807, 2.05) is 18.7 Å². The summed E-state index contributed by atoms with van der Waals surface area (Å²) in [6.45, 7) is 5.45. The van der Waals surface area contributed by atoms with Crippen LogP contribution in [0.25, 0.3) is 0 Å². The van der Waals surface area contributed by atoms with E-state index in [2.05, 4.69) is 5.32 Å². The molecule has 2 atom stereocenters. The van der Waals surface area contributed by atoms with E-state index in [9.17, 15) is 4.79 Å². The molecule has 2 rings (SSSR count). The van der Waals surface area contributed by atoms with Gasteiger partial charge in [0, 0.05) is 19.1 Å². The van der Waals surface area contributed by atoms with E-state index in [1.54, 1.807) is 0 Å². The van der Waals surface area contributed by atoms with Crippen molar-refractivity contribution in [3.05, 3.63) is 0 Å². The molecular formula is C11H20N2O2. The lowest BCUT2D eigenvalue weighted by Gasteiger charge is -2.37. The van der Waals surface area contributed by atoms with Gasteiger partial charge in [-0.2, -0.15) is 0 Å². The topological polar surface area (TPSA) is 41.6 Å². The van der Waals surface area contributed by atoms with E-state index in [0.717, 1.165) is 12.8 Å². The van der Waals surface area contributed by atoms with Gasteiger partial charge in [0.05, 0.1) is 12.2 Å². The molecule has 4 heteroatoms. The molecule has 0 unspecified atom stereocenters. The molecule has 1 aliphatic carbocycles. The number of morpholine rings is 1. The first-order valence-corrected chi connectivity index (χ1v) is 5.86. The van der Waals surface area contributed by atoms with E-state index in [0.29, 0.717) is 19.1 Å². The van der Waals surface area contributed by atoms with E-state index in [1.165, 1.54) is 6.42 Å². The lowest BCUT2D eigenvalue weighted by molar-refractivity contribution is -0.0549. The number of carbonyl (C=O) groups is 1. The van der Waals surface area contributed by atoms with Crippen LogP contribution < -0.4 is 5.32 Å². The standard InChI is InChI=1S/C11H20N2O2/c1-8-6-13(7-9(2)15-8)11(14)12-10-4-3-5-10/h8-10H,3-7H2,1-2H3,(H,12,14)/t8-,9+. The summed E-state index contributed by atoms with van der Waals surface area (Å²) in [7, 11) is 0. The number of hydrogen-bond acceptors (Lipinski definition) is 2. The lowest BCUT2D eigenvalue weighted by Crippen LogP contribution is -2.54. The number of urea groups is 1. The zero-order chi connectivity index (χ0) is 10.8. The number of ether oxygens (including phenoxy) is 1. The molecule has 86 valence electrons. The van der Waals surface area contributed by atoms with Crippen LogP contribution in [-0.4, -0.2) is 42.3 Å². The number of rotatable bonds is 1. The van der Waals surface area contributed by atoms with Crippen LogP contribution in [0.4, 0.5) is 4.79 Å². The average Bonchev–Trinajstić information content (AvgIpc) is 2.09. The number of nitrogens with zero attached hydrogens (tertiary/aromatic N) is 1. The Labute approximate surface area is 91.0 Å². The molecule has 4 nitrogen and oxygen atoms in total. The number of nitrogens with one attached hydrogen (secondary N) is 1. The summed E-state index contributed by atoms with van der Waals surface area (Å²) in [5.74, 6) is 0. The number of amides is 2. The quantitative estimate of drug-likeness (QED) is 0.713. The number of hydrogen-bond donors (Lipinski definition) is 1. The minimum absolute atomic E-state index is 0.0849. The minimum Gasteiger partial charge on any atom is -0.372 e. The van der Waals surface area contributed by atoms with Crippen molar-refractivity contribution in [1.29, 1.82) is 0 Å². The van der Waals surface area contributed by atoms with Gasteiger partial charge in [0.1, 0.15) is 0 Å². The lowest BCUT2D eigenvalue weighted by atomic mass is 9.93. The molecule has 0 aromatic carbocycles. The van der Waals surface area contributed by atoms with Gasteiger partial charge in [-0.15, -0.1) is 0 Å². The second-order valence-electron chi connectivity index (χ2n) is 4.74. The van der Waals surface area contributed by atoms with Gasteiger partial charge in [0.2, 0.25) is 0 Å². The Kier molecular flexibility index (Phi) is 3.14. The Hall–Kier alpha value is -0.770. The smallest absolute Gasteiger partial charge is 0.317 e. The molecule has 1 saturated heterocycles.